The van der Waals surface area contributed by atoms with Crippen LogP contribution in [0.1, 0.15) is 26.5 Å². The van der Waals surface area contributed by atoms with Crippen LogP contribution in [0.25, 0.3) is 16.6 Å². The highest BCUT2D eigenvalue weighted by Crippen LogP contribution is 2.36. The van der Waals surface area contributed by atoms with Gasteiger partial charge in [-0.15, -0.1) is 11.3 Å². The quantitative estimate of drug-likeness (QED) is 0.337. The maximum absolute atomic E-state index is 12.9. The van der Waals surface area contributed by atoms with Crippen LogP contribution >= 0.6 is 34.5 Å². The molecule has 0 aliphatic carbocycles. The lowest BCUT2D eigenvalue weighted by molar-refractivity contribution is -0.137. The number of aryl methyl sites for hydroxylation is 1. The second kappa shape index (κ2) is 8.18. The maximum atomic E-state index is 12.9. The molecule has 0 spiro atoms. The van der Waals surface area contributed by atoms with Gasteiger partial charge in [0.25, 0.3) is 0 Å². The van der Waals surface area contributed by atoms with Gasteiger partial charge >= 0.3 is 6.18 Å². The van der Waals surface area contributed by atoms with Crippen LogP contribution in [0.4, 0.5) is 13.2 Å². The summed E-state index contributed by atoms with van der Waals surface area (Å²) in [7, 11) is 0. The zero-order valence-electron chi connectivity index (χ0n) is 14.7. The van der Waals surface area contributed by atoms with E-state index in [1.165, 1.54) is 36.4 Å². The number of carbonyl (C=O) groups excluding carboxylic acids is 1. The molecule has 0 radical (unpaired) electrons. The summed E-state index contributed by atoms with van der Waals surface area (Å²) in [6.07, 6.45) is -1.75. The first-order valence-corrected chi connectivity index (χ1v) is 9.69. The number of phenols is 1. The molecule has 3 aromatic rings. The first kappa shape index (κ1) is 21.4. The van der Waals surface area contributed by atoms with E-state index < -0.39 is 11.7 Å². The van der Waals surface area contributed by atoms with Gasteiger partial charge in [-0.1, -0.05) is 35.3 Å². The van der Waals surface area contributed by atoms with Crippen molar-refractivity contribution in [3.05, 3.63) is 74.2 Å². The summed E-state index contributed by atoms with van der Waals surface area (Å²) < 4.78 is 38.8. The molecule has 1 heterocycles. The van der Waals surface area contributed by atoms with Gasteiger partial charge in [-0.2, -0.15) is 13.2 Å². The number of allylic oxidation sites excluding steroid dienone is 1. The number of rotatable bonds is 4. The minimum atomic E-state index is -4.46. The molecule has 0 fully saturated rings. The normalized spacial score (nSPS) is 11.9. The van der Waals surface area contributed by atoms with E-state index in [-0.39, 0.29) is 27.1 Å². The Hall–Kier alpha value is -2.35. The fraction of sp³-hybridized carbons (Fsp3) is 0.100. The van der Waals surface area contributed by atoms with Crippen molar-refractivity contribution in [2.75, 3.05) is 0 Å². The average molecular weight is 458 g/mol. The topological polar surface area (TPSA) is 50.2 Å². The fourth-order valence-electron chi connectivity index (χ4n) is 2.50. The predicted octanol–water partition coefficient (Wildman–Crippen LogP) is 7.05. The number of nitrogens with zero attached hydrogens (tertiary/aromatic N) is 1. The van der Waals surface area contributed by atoms with E-state index in [4.69, 9.17) is 23.2 Å². The number of hydrogen-bond acceptors (Lipinski definition) is 4. The first-order valence-electron chi connectivity index (χ1n) is 8.12. The molecule has 0 aliphatic rings. The number of halogens is 5. The third kappa shape index (κ3) is 4.63. The van der Waals surface area contributed by atoms with E-state index in [0.717, 1.165) is 23.5 Å². The van der Waals surface area contributed by atoms with Crippen LogP contribution < -0.4 is 0 Å². The molecular weight excluding hydrogens is 446 g/mol. The molecule has 0 unspecified atom stereocenters. The van der Waals surface area contributed by atoms with Crippen LogP contribution in [0, 0.1) is 6.92 Å². The van der Waals surface area contributed by atoms with Crippen molar-refractivity contribution in [1.82, 2.24) is 4.98 Å². The van der Waals surface area contributed by atoms with Gasteiger partial charge in [0.1, 0.15) is 15.8 Å². The molecular formula is C20H12Cl2F3NO2S. The molecule has 9 heteroatoms. The third-order valence-corrected chi connectivity index (χ3v) is 6.07. The highest BCUT2D eigenvalue weighted by Gasteiger charge is 2.30. The van der Waals surface area contributed by atoms with Crippen LogP contribution in [0.3, 0.4) is 0 Å². The van der Waals surface area contributed by atoms with Gasteiger partial charge in [0.05, 0.1) is 21.2 Å². The third-order valence-electron chi connectivity index (χ3n) is 3.96. The molecule has 0 aliphatic heterocycles. The summed E-state index contributed by atoms with van der Waals surface area (Å²) in [5, 5.41) is 9.90. The van der Waals surface area contributed by atoms with Crippen LogP contribution in [0.15, 0.2) is 42.5 Å². The van der Waals surface area contributed by atoms with Gasteiger partial charge in [0.2, 0.25) is 0 Å². The number of phenolic OH excluding ortho intramolecular Hbond substituents is 1. The minimum Gasteiger partial charge on any atom is -0.506 e. The number of aromatic hydroxyl groups is 1. The van der Waals surface area contributed by atoms with E-state index in [0.29, 0.717) is 21.1 Å². The molecule has 0 atom stereocenters. The molecule has 0 saturated heterocycles. The molecule has 0 saturated carbocycles. The van der Waals surface area contributed by atoms with E-state index in [2.05, 4.69) is 4.98 Å². The Kier molecular flexibility index (Phi) is 6.03. The van der Waals surface area contributed by atoms with Gasteiger partial charge in [0.15, 0.2) is 5.78 Å². The molecule has 0 bridgehead atoms. The molecule has 29 heavy (non-hydrogen) atoms. The lowest BCUT2D eigenvalue weighted by atomic mass is 10.1. The smallest absolute Gasteiger partial charge is 0.416 e. The molecule has 3 nitrogen and oxygen atoms in total. The number of carbonyl (C=O) groups is 1. The Bertz CT molecular complexity index is 1120. The summed E-state index contributed by atoms with van der Waals surface area (Å²) in [6.45, 7) is 1.61. The van der Waals surface area contributed by atoms with Crippen molar-refractivity contribution < 1.29 is 23.1 Å². The second-order valence-electron chi connectivity index (χ2n) is 6.01. The molecule has 3 rings (SSSR count). The largest absolute Gasteiger partial charge is 0.506 e. The number of benzene rings is 2. The standard InChI is InChI=1S/C20H12Cl2F3NO2S/c1-10-18(15(28)8-6-11-5-7-14(27)17(22)16(11)21)29-19(26-10)12-3-2-4-13(9-12)20(23,24)25/h2-9,27H,1H3/b8-6+. The SMILES string of the molecule is Cc1nc(-c2cccc(C(F)(F)F)c2)sc1C(=O)/C=C/c1ccc(O)c(Cl)c1Cl. The van der Waals surface area contributed by atoms with Gasteiger partial charge < -0.3 is 5.11 Å². The van der Waals surface area contributed by atoms with Crippen molar-refractivity contribution in [2.45, 2.75) is 13.1 Å². The van der Waals surface area contributed by atoms with E-state index in [1.54, 1.807) is 6.92 Å². The van der Waals surface area contributed by atoms with Crippen molar-refractivity contribution in [3.8, 4) is 16.3 Å². The lowest BCUT2D eigenvalue weighted by Gasteiger charge is -2.07. The Morgan fingerprint density at radius 1 is 1.17 bits per heavy atom. The van der Waals surface area contributed by atoms with Crippen molar-refractivity contribution in [2.24, 2.45) is 0 Å². The van der Waals surface area contributed by atoms with Crippen LogP contribution in [-0.4, -0.2) is 15.9 Å². The van der Waals surface area contributed by atoms with Crippen LogP contribution in [0.2, 0.25) is 10.0 Å². The van der Waals surface area contributed by atoms with E-state index >= 15 is 0 Å². The molecule has 150 valence electrons. The number of alkyl halides is 3. The number of thiazole rings is 1. The van der Waals surface area contributed by atoms with Crippen molar-refractivity contribution >= 4 is 46.4 Å². The highest BCUT2D eigenvalue weighted by atomic mass is 35.5. The second-order valence-corrected chi connectivity index (χ2v) is 7.77. The van der Waals surface area contributed by atoms with Crippen LogP contribution in [0.5, 0.6) is 5.75 Å². The molecule has 1 aromatic heterocycles. The molecule has 2 aromatic carbocycles. The van der Waals surface area contributed by atoms with Gasteiger partial charge in [0, 0.05) is 5.56 Å². The Morgan fingerprint density at radius 3 is 2.59 bits per heavy atom. The number of ketones is 1. The predicted molar refractivity (Wildman–Crippen MR) is 109 cm³/mol. The van der Waals surface area contributed by atoms with Crippen LogP contribution in [-0.2, 0) is 6.18 Å². The van der Waals surface area contributed by atoms with Crippen molar-refractivity contribution in [1.29, 1.82) is 0 Å². The molecule has 1 N–H and O–H groups in total. The molecule has 0 amide bonds. The lowest BCUT2D eigenvalue weighted by Crippen LogP contribution is -2.04. The average Bonchev–Trinajstić information content (AvgIpc) is 3.06. The van der Waals surface area contributed by atoms with E-state index in [1.807, 2.05) is 0 Å². The summed E-state index contributed by atoms with van der Waals surface area (Å²) >= 11 is 12.9. The van der Waals surface area contributed by atoms with Crippen molar-refractivity contribution in [3.63, 3.8) is 0 Å². The zero-order valence-corrected chi connectivity index (χ0v) is 17.0. The van der Waals surface area contributed by atoms with Gasteiger partial charge in [-0.25, -0.2) is 4.98 Å². The summed E-state index contributed by atoms with van der Waals surface area (Å²) in [5.74, 6) is -0.553. The number of hydrogen-bond donors (Lipinski definition) is 1. The fourth-order valence-corrected chi connectivity index (χ4v) is 3.88. The maximum Gasteiger partial charge on any atom is 0.416 e. The zero-order chi connectivity index (χ0) is 21.3. The minimum absolute atomic E-state index is 0.0259. The summed E-state index contributed by atoms with van der Waals surface area (Å²) in [4.78, 5) is 17.1. The Morgan fingerprint density at radius 2 is 1.90 bits per heavy atom. The first-order chi connectivity index (χ1) is 13.6. The summed E-state index contributed by atoms with van der Waals surface area (Å²) in [6, 6.07) is 7.64. The van der Waals surface area contributed by atoms with E-state index in [9.17, 15) is 23.1 Å². The number of aromatic nitrogens is 1. The highest BCUT2D eigenvalue weighted by molar-refractivity contribution is 7.17. The Balaban J connectivity index is 1.89. The summed E-state index contributed by atoms with van der Waals surface area (Å²) in [5.41, 5.74) is 0.341. The van der Waals surface area contributed by atoms with Gasteiger partial charge in [-0.05, 0) is 48.9 Å². The monoisotopic (exact) mass is 457 g/mol. The Labute approximate surface area is 178 Å². The van der Waals surface area contributed by atoms with Gasteiger partial charge in [-0.3, -0.25) is 4.79 Å².